The first-order valence-corrected chi connectivity index (χ1v) is 31.2. The third-order valence-electron chi connectivity index (χ3n) is 14.1. The van der Waals surface area contributed by atoms with Crippen molar-refractivity contribution in [2.45, 2.75) is 131 Å². The number of fused-ring (bicyclic) bond motifs is 5. The maximum Gasteiger partial charge on any atom is 1.00 e. The topological polar surface area (TPSA) is 112 Å². The number of methoxy groups -OCH3 is 4. The van der Waals surface area contributed by atoms with Crippen LogP contribution in [0.15, 0.2) is 135 Å². The summed E-state index contributed by atoms with van der Waals surface area (Å²) >= 11 is 14.1. The fraction of sp³-hybridized carbons (Fsp3) is 0.381. The first-order chi connectivity index (χ1) is 36.7. The Kier molecular flexibility index (Phi) is 35.6. The van der Waals surface area contributed by atoms with E-state index in [1.807, 2.05) is 19.1 Å². The summed E-state index contributed by atoms with van der Waals surface area (Å²) in [6.07, 6.45) is 17.9. The van der Waals surface area contributed by atoms with E-state index in [0.29, 0.717) is 18.3 Å². The molecule has 0 aliphatic heterocycles. The smallest absolute Gasteiger partial charge is 1.00 e. The van der Waals surface area contributed by atoms with Crippen molar-refractivity contribution in [3.63, 3.8) is 0 Å². The average Bonchev–Trinajstić information content (AvgIpc) is 4.32. The summed E-state index contributed by atoms with van der Waals surface area (Å²) in [5.74, 6) is 0. The minimum Gasteiger partial charge on any atom is -1.00 e. The SMILES string of the molecule is BrCc1cccc2c1CC=C2.COC1CCc2c(Br)cccc21.COC1CCc2c(Br)cccc21.COC1CCc2c(CBr)cccc21.COC1CCc2c(CO)cccc21.Cc1ccc(S(=O)(=O)O)cc1.[B].[CH2-]CCC.[H-].[Li+].[Na+]. The van der Waals surface area contributed by atoms with E-state index in [1.165, 1.54) is 94.3 Å². The van der Waals surface area contributed by atoms with Crippen molar-refractivity contribution in [3.8, 4) is 0 Å². The van der Waals surface area contributed by atoms with Crippen LogP contribution in [-0.4, -0.2) is 54.9 Å². The molecule has 0 heterocycles. The Balaban J connectivity index is 0.000000469. The molecule has 4 unspecified atom stereocenters. The summed E-state index contributed by atoms with van der Waals surface area (Å²) in [7, 11) is 3.07. The molecule has 0 fully saturated rings. The van der Waals surface area contributed by atoms with Gasteiger partial charge in [0, 0.05) is 56.5 Å². The number of halogens is 4. The summed E-state index contributed by atoms with van der Waals surface area (Å²) in [6.45, 7) is 7.70. The molecule has 5 aliphatic rings. The number of benzene rings is 6. The van der Waals surface area contributed by atoms with Crippen LogP contribution >= 0.6 is 63.7 Å². The van der Waals surface area contributed by atoms with Crippen molar-refractivity contribution < 1.29 is 86.9 Å². The quantitative estimate of drug-likeness (QED) is 0.0637. The molecule has 0 amide bonds. The van der Waals surface area contributed by atoms with Crippen LogP contribution in [0.5, 0.6) is 0 Å². The van der Waals surface area contributed by atoms with E-state index in [-0.39, 0.29) is 75.9 Å². The number of hydrogen-bond donors (Lipinski definition) is 2. The number of hydrogen-bond acceptors (Lipinski definition) is 7. The van der Waals surface area contributed by atoms with Crippen LogP contribution < -0.4 is 48.4 Å². The molecule has 0 saturated heterocycles. The molecule has 0 spiro atoms. The van der Waals surface area contributed by atoms with Crippen LogP contribution in [0, 0.1) is 13.8 Å². The molecule has 415 valence electrons. The zero-order chi connectivity index (χ0) is 55.2. The van der Waals surface area contributed by atoms with Gasteiger partial charge in [-0.2, -0.15) is 14.8 Å². The van der Waals surface area contributed by atoms with Gasteiger partial charge in [0.25, 0.3) is 10.1 Å². The molecule has 3 radical (unpaired) electrons. The molecule has 4 atom stereocenters. The molecule has 79 heavy (non-hydrogen) atoms. The molecule has 11 rings (SSSR count). The maximum atomic E-state index is 10.5. The Hall–Kier alpha value is -1.65. The Morgan fingerprint density at radius 2 is 0.937 bits per heavy atom. The standard InChI is InChI=1S/C11H13BrO.C11H14O2.2C10H11BrO.C10H9Br.C7H8O3S.C4H9.B.Li.Na.H/c2*1-13-11-6-5-9-8(7-12)3-2-4-10(9)11;2*1-12-10-6-5-7-8(10)3-2-4-9(7)11;11-7-9-5-1-3-8-4-2-6-10(8)9;1-6-2-4-7(5-3-6)11(8,9)10;1-3-4-2;;;;/h2-4,11H,5-7H2,1H3;2-4,11-12H,5-7H2,1H3;2*2-4,10H,5-6H2,1H3;1-5H,6-7H2;2-5H,1H3,(H,8,9,10);1,3-4H2,2H3;;;;/q;;;;;;-1;;2*+1;-1. The second-order valence-electron chi connectivity index (χ2n) is 18.8. The molecule has 2 N–H and O–H groups in total. The second-order valence-corrected chi connectivity index (χ2v) is 23.0. The van der Waals surface area contributed by atoms with E-state index in [1.54, 1.807) is 40.6 Å². The molecule has 0 aromatic heterocycles. The monoisotopic (exact) mass is 1350 g/mol. The molecule has 0 saturated carbocycles. The van der Waals surface area contributed by atoms with Crippen molar-refractivity contribution >= 4 is 88.3 Å². The van der Waals surface area contributed by atoms with Gasteiger partial charge in [0.1, 0.15) is 0 Å². The average molecular weight is 1350 g/mol. The number of allylic oxidation sites excluding steroid dienone is 1. The van der Waals surface area contributed by atoms with E-state index in [9.17, 15) is 8.42 Å². The van der Waals surface area contributed by atoms with Crippen LogP contribution in [0.3, 0.4) is 0 Å². The number of unbranched alkanes of at least 4 members (excludes halogenated alkanes) is 1. The van der Waals surface area contributed by atoms with Gasteiger partial charge in [-0.15, -0.1) is 0 Å². The van der Waals surface area contributed by atoms with Gasteiger partial charge in [-0.3, -0.25) is 4.55 Å². The summed E-state index contributed by atoms with van der Waals surface area (Å²) in [5.41, 5.74) is 18.7. The van der Waals surface area contributed by atoms with E-state index in [4.69, 9.17) is 28.6 Å². The number of aliphatic hydroxyl groups excluding tert-OH is 1. The number of ether oxygens (including phenoxy) is 4. The molecular formula is C63H76BBr4LiNaO8S. The van der Waals surface area contributed by atoms with Crippen molar-refractivity contribution in [2.75, 3.05) is 28.4 Å². The fourth-order valence-corrected chi connectivity index (χ4v) is 12.7. The third kappa shape index (κ3) is 21.1. The van der Waals surface area contributed by atoms with Crippen molar-refractivity contribution in [1.29, 1.82) is 0 Å². The molecule has 6 aromatic carbocycles. The first kappa shape index (κ1) is 73.5. The van der Waals surface area contributed by atoms with Gasteiger partial charge in [-0.1, -0.05) is 186 Å². The van der Waals surface area contributed by atoms with Gasteiger partial charge in [-0.05, 0) is 161 Å². The van der Waals surface area contributed by atoms with Gasteiger partial charge in [-0.25, -0.2) is 0 Å². The summed E-state index contributed by atoms with van der Waals surface area (Å²) in [5, 5.41) is 11.0. The van der Waals surface area contributed by atoms with Crippen LogP contribution in [0.2, 0.25) is 0 Å². The summed E-state index contributed by atoms with van der Waals surface area (Å²) < 4.78 is 53.5. The molecule has 0 bridgehead atoms. The molecule has 6 aromatic rings. The maximum absolute atomic E-state index is 10.5. The van der Waals surface area contributed by atoms with Crippen molar-refractivity contribution in [1.82, 2.24) is 0 Å². The van der Waals surface area contributed by atoms with Crippen LogP contribution in [0.4, 0.5) is 0 Å². The minimum atomic E-state index is -4.02. The molecular weight excluding hydrogens is 1280 g/mol. The van der Waals surface area contributed by atoms with Gasteiger partial charge >= 0.3 is 48.4 Å². The fourth-order valence-electron chi connectivity index (χ4n) is 9.98. The molecule has 5 aliphatic carbocycles. The second kappa shape index (κ2) is 38.3. The van der Waals surface area contributed by atoms with Gasteiger partial charge in [0.2, 0.25) is 0 Å². The van der Waals surface area contributed by atoms with Crippen molar-refractivity contribution in [2.24, 2.45) is 0 Å². The third-order valence-corrected chi connectivity index (χ3v) is 17.7. The molecule has 16 heteroatoms. The number of aliphatic hydroxyl groups is 1. The Labute approximate surface area is 544 Å². The van der Waals surface area contributed by atoms with Gasteiger partial charge in [0.05, 0.1) is 35.9 Å². The number of rotatable bonds is 9. The number of aryl methyl sites for hydroxylation is 1. The zero-order valence-electron chi connectivity index (χ0n) is 48.4. The van der Waals surface area contributed by atoms with E-state index in [2.05, 4.69) is 169 Å². The van der Waals surface area contributed by atoms with E-state index < -0.39 is 10.1 Å². The Morgan fingerprint density at radius 1 is 0.582 bits per heavy atom. The molecule has 8 nitrogen and oxygen atoms in total. The summed E-state index contributed by atoms with van der Waals surface area (Å²) in [6, 6.07) is 37.6. The van der Waals surface area contributed by atoms with E-state index >= 15 is 0 Å². The van der Waals surface area contributed by atoms with Crippen LogP contribution in [-0.2, 0) is 78.4 Å². The predicted octanol–water partition coefficient (Wildman–Crippen LogP) is 10.9. The Morgan fingerprint density at radius 3 is 1.32 bits per heavy atom. The Bertz CT molecular complexity index is 2790. The first-order valence-electron chi connectivity index (χ1n) is 25.9. The van der Waals surface area contributed by atoms with Gasteiger partial charge in [0.15, 0.2) is 0 Å². The van der Waals surface area contributed by atoms with Crippen LogP contribution in [0.1, 0.15) is 149 Å². The van der Waals surface area contributed by atoms with E-state index in [0.717, 1.165) is 86.0 Å². The predicted molar refractivity (Wildman–Crippen MR) is 332 cm³/mol. The van der Waals surface area contributed by atoms with Crippen LogP contribution in [0.25, 0.3) is 6.08 Å². The van der Waals surface area contributed by atoms with Gasteiger partial charge < -0.3 is 32.4 Å². The van der Waals surface area contributed by atoms with Crippen molar-refractivity contribution in [3.05, 3.63) is 215 Å². The number of alkyl halides is 2. The minimum absolute atomic E-state index is 0. The zero-order valence-corrected chi connectivity index (χ0v) is 56.5. The normalized spacial score (nSPS) is 16.9. The summed E-state index contributed by atoms with van der Waals surface area (Å²) in [4.78, 5) is -0.0666. The largest absolute Gasteiger partial charge is 1.00 e.